The average Bonchev–Trinajstić information content (AvgIpc) is 3.36. The molecule has 3 aromatic heterocycles. The van der Waals surface area contributed by atoms with Crippen LogP contribution in [0.3, 0.4) is 0 Å². The smallest absolute Gasteiger partial charge is 0.260 e. The van der Waals surface area contributed by atoms with Gasteiger partial charge in [-0.15, -0.1) is 11.3 Å². The van der Waals surface area contributed by atoms with Gasteiger partial charge in [0.1, 0.15) is 22.4 Å². The minimum atomic E-state index is -0.188. The number of furan rings is 1. The number of nitriles is 1. The van der Waals surface area contributed by atoms with Crippen LogP contribution in [-0.4, -0.2) is 9.97 Å². The van der Waals surface area contributed by atoms with Crippen LogP contribution in [0.5, 0.6) is 0 Å². The number of aromatic nitrogens is 2. The van der Waals surface area contributed by atoms with Gasteiger partial charge in [-0.1, -0.05) is 23.7 Å². The topological polar surface area (TPSA) is 82.7 Å². The van der Waals surface area contributed by atoms with E-state index in [1.54, 1.807) is 35.6 Å². The van der Waals surface area contributed by atoms with Crippen molar-refractivity contribution in [2.24, 2.45) is 0 Å². The molecule has 5 rings (SSSR count). The molecule has 30 heavy (non-hydrogen) atoms. The third-order valence-corrected chi connectivity index (χ3v) is 6.77. The van der Waals surface area contributed by atoms with Gasteiger partial charge in [0.05, 0.1) is 16.0 Å². The van der Waals surface area contributed by atoms with Gasteiger partial charge in [0.25, 0.3) is 5.56 Å². The molecule has 0 radical (unpaired) electrons. The molecule has 148 valence electrons. The number of thiophene rings is 1. The minimum absolute atomic E-state index is 0.188. The molecule has 0 saturated carbocycles. The van der Waals surface area contributed by atoms with Crippen LogP contribution in [0.1, 0.15) is 34.9 Å². The number of hydrogen-bond acceptors (Lipinski definition) is 5. The van der Waals surface area contributed by atoms with Crippen LogP contribution >= 0.6 is 22.9 Å². The van der Waals surface area contributed by atoms with Crippen LogP contribution in [0, 0.1) is 11.3 Å². The Bertz CT molecular complexity index is 1400. The summed E-state index contributed by atoms with van der Waals surface area (Å²) < 4.78 is 5.86. The van der Waals surface area contributed by atoms with Crippen molar-refractivity contribution in [3.05, 3.63) is 73.8 Å². The number of halogens is 1. The number of nitrogens with one attached hydrogen (secondary N) is 1. The molecule has 0 atom stereocenters. The van der Waals surface area contributed by atoms with E-state index in [0.29, 0.717) is 26.8 Å². The lowest BCUT2D eigenvalue weighted by molar-refractivity contribution is 0.572. The maximum atomic E-state index is 12.8. The Morgan fingerprint density at radius 2 is 2.07 bits per heavy atom. The number of benzene rings is 1. The highest BCUT2D eigenvalue weighted by Crippen LogP contribution is 2.34. The van der Waals surface area contributed by atoms with Crippen molar-refractivity contribution in [2.75, 3.05) is 0 Å². The molecular weight excluding hydrogens is 418 g/mol. The summed E-state index contributed by atoms with van der Waals surface area (Å²) in [5, 5.41) is 11.0. The molecule has 7 heteroatoms. The van der Waals surface area contributed by atoms with E-state index in [2.05, 4.69) is 16.0 Å². The van der Waals surface area contributed by atoms with E-state index < -0.39 is 0 Å². The molecule has 1 aliphatic carbocycles. The molecule has 0 spiro atoms. The first-order valence-corrected chi connectivity index (χ1v) is 10.8. The van der Waals surface area contributed by atoms with Gasteiger partial charge in [0.2, 0.25) is 0 Å². The number of allylic oxidation sites excluding steroid dienone is 1. The lowest BCUT2D eigenvalue weighted by Gasteiger charge is -2.09. The molecule has 0 amide bonds. The van der Waals surface area contributed by atoms with Gasteiger partial charge in [-0.05, 0) is 55.5 Å². The third-order valence-electron chi connectivity index (χ3n) is 5.25. The van der Waals surface area contributed by atoms with E-state index in [1.807, 2.05) is 18.2 Å². The van der Waals surface area contributed by atoms with Gasteiger partial charge in [-0.25, -0.2) is 4.98 Å². The van der Waals surface area contributed by atoms with E-state index in [0.717, 1.165) is 36.8 Å². The normalized spacial score (nSPS) is 13.9. The molecule has 0 fully saturated rings. The Morgan fingerprint density at radius 1 is 1.23 bits per heavy atom. The second-order valence-electron chi connectivity index (χ2n) is 7.16. The zero-order valence-electron chi connectivity index (χ0n) is 15.9. The maximum absolute atomic E-state index is 12.8. The molecule has 0 aliphatic heterocycles. The highest BCUT2D eigenvalue weighted by Gasteiger charge is 2.20. The number of aromatic amines is 1. The summed E-state index contributed by atoms with van der Waals surface area (Å²) in [5.74, 6) is 1.34. The van der Waals surface area contributed by atoms with Crippen LogP contribution in [0.15, 0.2) is 45.6 Å². The van der Waals surface area contributed by atoms with Crippen LogP contribution in [0.25, 0.3) is 33.2 Å². The van der Waals surface area contributed by atoms with Crippen molar-refractivity contribution in [1.82, 2.24) is 9.97 Å². The van der Waals surface area contributed by atoms with Crippen molar-refractivity contribution in [2.45, 2.75) is 25.7 Å². The number of H-pyrrole nitrogens is 1. The largest absolute Gasteiger partial charge is 0.457 e. The minimum Gasteiger partial charge on any atom is -0.457 e. The second-order valence-corrected chi connectivity index (χ2v) is 8.65. The predicted octanol–water partition coefficient (Wildman–Crippen LogP) is 5.84. The first-order valence-electron chi connectivity index (χ1n) is 9.65. The highest BCUT2D eigenvalue weighted by atomic mass is 35.5. The fourth-order valence-electron chi connectivity index (χ4n) is 3.82. The Morgan fingerprint density at radius 3 is 2.90 bits per heavy atom. The number of rotatable bonds is 3. The van der Waals surface area contributed by atoms with E-state index in [4.69, 9.17) is 16.0 Å². The zero-order valence-corrected chi connectivity index (χ0v) is 17.4. The predicted molar refractivity (Wildman–Crippen MR) is 120 cm³/mol. The van der Waals surface area contributed by atoms with Crippen LogP contribution in [-0.2, 0) is 12.8 Å². The fourth-order valence-corrected chi connectivity index (χ4v) is 5.31. The number of fused-ring (bicyclic) bond motifs is 3. The molecule has 5 nitrogen and oxygen atoms in total. The van der Waals surface area contributed by atoms with E-state index >= 15 is 0 Å². The summed E-state index contributed by atoms with van der Waals surface area (Å²) in [5.41, 5.74) is 1.95. The van der Waals surface area contributed by atoms with Gasteiger partial charge in [-0.3, -0.25) is 4.79 Å². The molecule has 1 aliphatic rings. The zero-order chi connectivity index (χ0) is 20.7. The summed E-state index contributed by atoms with van der Waals surface area (Å²) in [7, 11) is 0. The lowest BCUT2D eigenvalue weighted by atomic mass is 9.97. The Hall–Kier alpha value is -3.14. The molecule has 1 N–H and O–H groups in total. The number of aryl methyl sites for hydroxylation is 2. The van der Waals surface area contributed by atoms with Crippen LogP contribution in [0.2, 0.25) is 5.02 Å². The van der Waals surface area contributed by atoms with Crippen LogP contribution < -0.4 is 5.56 Å². The molecular formula is C23H16ClN3O2S. The standard InChI is InChI=1S/C23H16ClN3O2S/c24-17-7-3-1-5-15(17)18-10-9-14(29-18)11-13(12-25)21-26-22(28)20-16-6-2-4-8-19(16)30-23(20)27-21/h1,3,5,7,9-11H,2,4,6,8H2,(H,26,27,28)/b13-11+. The van der Waals surface area contributed by atoms with Crippen molar-refractivity contribution in [1.29, 1.82) is 5.26 Å². The quantitative estimate of drug-likeness (QED) is 0.411. The van der Waals surface area contributed by atoms with Crippen molar-refractivity contribution < 1.29 is 4.42 Å². The lowest BCUT2D eigenvalue weighted by Crippen LogP contribution is -2.12. The third kappa shape index (κ3) is 3.26. The number of nitrogens with zero attached hydrogens (tertiary/aromatic N) is 2. The first kappa shape index (κ1) is 18.9. The first-order chi connectivity index (χ1) is 14.6. The molecule has 4 aromatic rings. The van der Waals surface area contributed by atoms with Gasteiger partial charge in [0, 0.05) is 16.5 Å². The highest BCUT2D eigenvalue weighted by molar-refractivity contribution is 7.18. The van der Waals surface area contributed by atoms with E-state index in [1.165, 1.54) is 4.88 Å². The monoisotopic (exact) mass is 433 g/mol. The van der Waals surface area contributed by atoms with Crippen LogP contribution in [0.4, 0.5) is 0 Å². The Kier molecular flexibility index (Phi) is 4.78. The summed E-state index contributed by atoms with van der Waals surface area (Å²) in [6.07, 6.45) is 5.72. The Labute approximate surface area is 181 Å². The summed E-state index contributed by atoms with van der Waals surface area (Å²) in [6.45, 7) is 0. The second kappa shape index (κ2) is 7.60. The van der Waals surface area contributed by atoms with Crippen molar-refractivity contribution in [3.63, 3.8) is 0 Å². The average molecular weight is 434 g/mol. The molecule has 0 bridgehead atoms. The maximum Gasteiger partial charge on any atom is 0.260 e. The van der Waals surface area contributed by atoms with Gasteiger partial charge in [-0.2, -0.15) is 5.26 Å². The van der Waals surface area contributed by atoms with E-state index in [-0.39, 0.29) is 17.0 Å². The van der Waals surface area contributed by atoms with Gasteiger partial charge >= 0.3 is 0 Å². The van der Waals surface area contributed by atoms with Gasteiger partial charge in [0.15, 0.2) is 5.82 Å². The van der Waals surface area contributed by atoms with E-state index in [9.17, 15) is 10.1 Å². The van der Waals surface area contributed by atoms with Gasteiger partial charge < -0.3 is 9.40 Å². The summed E-state index contributed by atoms with van der Waals surface area (Å²) in [6, 6.07) is 13.1. The molecule has 1 aromatic carbocycles. The fraction of sp³-hybridized carbons (Fsp3) is 0.174. The van der Waals surface area contributed by atoms with Crippen molar-refractivity contribution >= 4 is 44.8 Å². The molecule has 3 heterocycles. The summed E-state index contributed by atoms with van der Waals surface area (Å²) >= 11 is 7.80. The summed E-state index contributed by atoms with van der Waals surface area (Å²) in [4.78, 5) is 22.1. The molecule has 0 unspecified atom stereocenters. The Balaban J connectivity index is 1.56. The molecule has 0 saturated heterocycles. The SMILES string of the molecule is N#C/C(=C\c1ccc(-c2ccccc2Cl)o1)c1nc2sc3c(c2c(=O)[nH]1)CCCC3. The van der Waals surface area contributed by atoms with Crippen molar-refractivity contribution in [3.8, 4) is 17.4 Å². The number of hydrogen-bond donors (Lipinski definition) is 1.